The van der Waals surface area contributed by atoms with Crippen molar-refractivity contribution in [3.8, 4) is 0 Å². The van der Waals surface area contributed by atoms with E-state index in [1.807, 2.05) is 6.61 Å². The number of unbranched alkanes of at least 4 members (excludes halogenated alkanes) is 1. The third-order valence-corrected chi connectivity index (χ3v) is 1.40. The Morgan fingerprint density at radius 2 is 1.75 bits per heavy atom. The van der Waals surface area contributed by atoms with Gasteiger partial charge in [-0.05, 0) is 25.7 Å². The Morgan fingerprint density at radius 3 is 2.42 bits per heavy atom. The SMILES string of the molecule is CCCO[CH]CCCOCCC. The van der Waals surface area contributed by atoms with Crippen molar-refractivity contribution in [3.63, 3.8) is 0 Å². The van der Waals surface area contributed by atoms with Crippen LogP contribution >= 0.6 is 0 Å². The highest BCUT2D eigenvalue weighted by molar-refractivity contribution is 4.50. The molecule has 0 fully saturated rings. The van der Waals surface area contributed by atoms with Crippen molar-refractivity contribution in [1.82, 2.24) is 0 Å². The molecule has 0 aromatic carbocycles. The zero-order valence-electron chi connectivity index (χ0n) is 8.34. The number of hydrogen-bond acceptors (Lipinski definition) is 2. The standard InChI is InChI=1S/C10H21O2/c1-3-7-11-9-5-6-10-12-8-4-2/h9H,3-8,10H2,1-2H3. The third kappa shape index (κ3) is 9.92. The molecule has 0 atom stereocenters. The Hall–Kier alpha value is -0.0800. The van der Waals surface area contributed by atoms with E-state index in [-0.39, 0.29) is 0 Å². The maximum Gasteiger partial charge on any atom is 0.0837 e. The average molecular weight is 173 g/mol. The smallest absolute Gasteiger partial charge is 0.0837 e. The highest BCUT2D eigenvalue weighted by atomic mass is 16.5. The van der Waals surface area contributed by atoms with Gasteiger partial charge in [0.25, 0.3) is 0 Å². The molecule has 0 saturated heterocycles. The molecule has 0 aliphatic carbocycles. The predicted molar refractivity (Wildman–Crippen MR) is 50.9 cm³/mol. The molecule has 0 amide bonds. The molecule has 2 nitrogen and oxygen atoms in total. The summed E-state index contributed by atoms with van der Waals surface area (Å²) < 4.78 is 10.5. The van der Waals surface area contributed by atoms with Gasteiger partial charge in [-0.1, -0.05) is 13.8 Å². The molecule has 73 valence electrons. The van der Waals surface area contributed by atoms with E-state index in [4.69, 9.17) is 9.47 Å². The summed E-state index contributed by atoms with van der Waals surface area (Å²) in [6, 6.07) is 0. The second-order valence-corrected chi connectivity index (χ2v) is 2.79. The molecular formula is C10H21O2. The lowest BCUT2D eigenvalue weighted by Gasteiger charge is -2.02. The van der Waals surface area contributed by atoms with Crippen molar-refractivity contribution in [1.29, 1.82) is 0 Å². The molecule has 0 aliphatic heterocycles. The van der Waals surface area contributed by atoms with Crippen molar-refractivity contribution in [2.75, 3.05) is 19.8 Å². The first-order chi connectivity index (χ1) is 5.91. The minimum Gasteiger partial charge on any atom is -0.381 e. The van der Waals surface area contributed by atoms with Gasteiger partial charge in [0.05, 0.1) is 6.61 Å². The van der Waals surface area contributed by atoms with Crippen LogP contribution in [0.25, 0.3) is 0 Å². The third-order valence-electron chi connectivity index (χ3n) is 1.40. The van der Waals surface area contributed by atoms with Gasteiger partial charge in [0.15, 0.2) is 0 Å². The number of hydrogen-bond donors (Lipinski definition) is 0. The summed E-state index contributed by atoms with van der Waals surface area (Å²) in [5.74, 6) is 0. The first-order valence-corrected chi connectivity index (χ1v) is 4.92. The zero-order chi connectivity index (χ0) is 9.07. The van der Waals surface area contributed by atoms with Crippen LogP contribution < -0.4 is 0 Å². The molecule has 2 heteroatoms. The summed E-state index contributed by atoms with van der Waals surface area (Å²) in [4.78, 5) is 0. The predicted octanol–water partition coefficient (Wildman–Crippen LogP) is 2.78. The Morgan fingerprint density at radius 1 is 1.00 bits per heavy atom. The normalized spacial score (nSPS) is 10.5. The van der Waals surface area contributed by atoms with Crippen LogP contribution in [-0.2, 0) is 9.47 Å². The first-order valence-electron chi connectivity index (χ1n) is 4.92. The molecule has 0 aromatic heterocycles. The van der Waals surface area contributed by atoms with Gasteiger partial charge >= 0.3 is 0 Å². The first kappa shape index (κ1) is 11.9. The molecule has 0 saturated carbocycles. The van der Waals surface area contributed by atoms with Crippen LogP contribution in [0.5, 0.6) is 0 Å². The maximum atomic E-state index is 5.31. The quantitative estimate of drug-likeness (QED) is 0.499. The van der Waals surface area contributed by atoms with Gasteiger partial charge in [-0.3, -0.25) is 0 Å². The van der Waals surface area contributed by atoms with Crippen molar-refractivity contribution < 1.29 is 9.47 Å². The minimum absolute atomic E-state index is 0.843. The van der Waals surface area contributed by atoms with Crippen LogP contribution in [0, 0.1) is 6.61 Å². The number of ether oxygens (including phenoxy) is 2. The lowest BCUT2D eigenvalue weighted by atomic mass is 10.3. The van der Waals surface area contributed by atoms with E-state index in [0.29, 0.717) is 0 Å². The van der Waals surface area contributed by atoms with E-state index in [1.165, 1.54) is 0 Å². The molecule has 0 aliphatic rings. The molecule has 0 rings (SSSR count). The highest BCUT2D eigenvalue weighted by Crippen LogP contribution is 1.97. The van der Waals surface area contributed by atoms with E-state index in [2.05, 4.69) is 13.8 Å². The lowest BCUT2D eigenvalue weighted by molar-refractivity contribution is 0.124. The Kier molecular flexibility index (Phi) is 10.8. The summed E-state index contributed by atoms with van der Waals surface area (Å²) in [6.45, 7) is 8.71. The largest absolute Gasteiger partial charge is 0.381 e. The fourth-order valence-corrected chi connectivity index (χ4v) is 0.800. The molecule has 0 N–H and O–H groups in total. The van der Waals surface area contributed by atoms with Crippen molar-refractivity contribution >= 4 is 0 Å². The fraction of sp³-hybridized carbons (Fsp3) is 0.900. The molecular weight excluding hydrogens is 152 g/mol. The summed E-state index contributed by atoms with van der Waals surface area (Å²) in [5, 5.41) is 0. The van der Waals surface area contributed by atoms with Gasteiger partial charge < -0.3 is 9.47 Å². The van der Waals surface area contributed by atoms with Gasteiger partial charge in [-0.25, -0.2) is 0 Å². The van der Waals surface area contributed by atoms with Crippen LogP contribution in [0.2, 0.25) is 0 Å². The second kappa shape index (κ2) is 10.9. The molecule has 0 aromatic rings. The maximum absolute atomic E-state index is 5.31. The summed E-state index contributed by atoms with van der Waals surface area (Å²) in [5.41, 5.74) is 0. The fourth-order valence-electron chi connectivity index (χ4n) is 0.800. The van der Waals surface area contributed by atoms with E-state index >= 15 is 0 Å². The minimum atomic E-state index is 0.843. The van der Waals surface area contributed by atoms with Crippen molar-refractivity contribution in [3.05, 3.63) is 6.61 Å². The van der Waals surface area contributed by atoms with E-state index in [1.54, 1.807) is 0 Å². The highest BCUT2D eigenvalue weighted by Gasteiger charge is 1.89. The van der Waals surface area contributed by atoms with Crippen LogP contribution in [0.1, 0.15) is 39.5 Å². The molecule has 12 heavy (non-hydrogen) atoms. The molecule has 0 unspecified atom stereocenters. The topological polar surface area (TPSA) is 18.5 Å². The number of rotatable bonds is 9. The van der Waals surface area contributed by atoms with E-state index < -0.39 is 0 Å². The molecule has 0 heterocycles. The Labute approximate surface area is 76.3 Å². The summed E-state index contributed by atoms with van der Waals surface area (Å²) in [6.07, 6.45) is 4.27. The van der Waals surface area contributed by atoms with Gasteiger partial charge in [-0.2, -0.15) is 0 Å². The van der Waals surface area contributed by atoms with Crippen LogP contribution in [0.4, 0.5) is 0 Å². The average Bonchev–Trinajstić information content (AvgIpc) is 2.10. The zero-order valence-corrected chi connectivity index (χ0v) is 8.34. The van der Waals surface area contributed by atoms with E-state index in [9.17, 15) is 0 Å². The van der Waals surface area contributed by atoms with Crippen molar-refractivity contribution in [2.24, 2.45) is 0 Å². The van der Waals surface area contributed by atoms with Crippen LogP contribution in [-0.4, -0.2) is 19.8 Å². The van der Waals surface area contributed by atoms with Crippen LogP contribution in [0.15, 0.2) is 0 Å². The lowest BCUT2D eigenvalue weighted by Crippen LogP contribution is -1.97. The second-order valence-electron chi connectivity index (χ2n) is 2.79. The van der Waals surface area contributed by atoms with Gasteiger partial charge in [0.1, 0.15) is 0 Å². The van der Waals surface area contributed by atoms with Gasteiger partial charge in [0, 0.05) is 19.8 Å². The molecule has 0 spiro atoms. The van der Waals surface area contributed by atoms with Crippen molar-refractivity contribution in [2.45, 2.75) is 39.5 Å². The van der Waals surface area contributed by atoms with E-state index in [0.717, 1.165) is 45.5 Å². The molecule has 1 radical (unpaired) electrons. The molecule has 0 bridgehead atoms. The Balaban J connectivity index is 2.73. The Bertz CT molecular complexity index is 64.2. The van der Waals surface area contributed by atoms with Crippen LogP contribution in [0.3, 0.4) is 0 Å². The van der Waals surface area contributed by atoms with Gasteiger partial charge in [-0.15, -0.1) is 0 Å². The monoisotopic (exact) mass is 173 g/mol. The summed E-state index contributed by atoms with van der Waals surface area (Å²) in [7, 11) is 0. The summed E-state index contributed by atoms with van der Waals surface area (Å²) >= 11 is 0. The van der Waals surface area contributed by atoms with Gasteiger partial charge in [0.2, 0.25) is 0 Å².